The van der Waals surface area contributed by atoms with Crippen molar-refractivity contribution in [3.8, 4) is 0 Å². The van der Waals surface area contributed by atoms with Gasteiger partial charge in [-0.1, -0.05) is 0 Å². The molecule has 1 aliphatic heterocycles. The van der Waals surface area contributed by atoms with Gasteiger partial charge in [-0.2, -0.15) is 0 Å². The average molecular weight is 275 g/mol. The lowest BCUT2D eigenvalue weighted by Gasteiger charge is -2.37. The van der Waals surface area contributed by atoms with Crippen LogP contribution in [0.15, 0.2) is 0 Å². The lowest BCUT2D eigenvalue weighted by molar-refractivity contribution is -0.954. The van der Waals surface area contributed by atoms with Crippen molar-refractivity contribution in [2.45, 2.75) is 39.7 Å². The van der Waals surface area contributed by atoms with E-state index in [1.54, 1.807) is 0 Å². The summed E-state index contributed by atoms with van der Waals surface area (Å²) in [5, 5.41) is 0. The first-order valence-corrected chi connectivity index (χ1v) is 7.76. The van der Waals surface area contributed by atoms with Gasteiger partial charge in [0.1, 0.15) is 0 Å². The van der Waals surface area contributed by atoms with Crippen molar-refractivity contribution in [3.05, 3.63) is 0 Å². The summed E-state index contributed by atoms with van der Waals surface area (Å²) in [5.74, 6) is 0. The molecule has 1 rings (SSSR count). The van der Waals surface area contributed by atoms with Gasteiger partial charge in [0.2, 0.25) is 0 Å². The maximum Gasteiger partial charge on any atom is 1.04 e. The minimum absolute atomic E-state index is 0.721. The van der Waals surface area contributed by atoms with Crippen LogP contribution >= 0.6 is 0 Å². The second-order valence-corrected chi connectivity index (χ2v) is 5.57. The number of likely N-dealkylation sites (tertiary alicyclic amines) is 1. The van der Waals surface area contributed by atoms with E-state index in [0.29, 0.717) is 0 Å². The summed E-state index contributed by atoms with van der Waals surface area (Å²) in [4.78, 5) is 0. The smallest absolute Gasteiger partial charge is 0.510 e. The molecule has 0 aliphatic carbocycles. The molecule has 0 spiro atoms. The first-order valence-electron chi connectivity index (χ1n) is 6.02. The van der Waals surface area contributed by atoms with Gasteiger partial charge in [-0.25, -0.2) is 0 Å². The van der Waals surface area contributed by atoms with Crippen molar-refractivity contribution in [2.75, 3.05) is 26.4 Å². The Balaban J connectivity index is 0.000000437. The summed E-state index contributed by atoms with van der Waals surface area (Å²) >= 11 is -6.83. The molecular formula is C10H22AlF4NO. The molecule has 7 heteroatoms. The highest BCUT2D eigenvalue weighted by Gasteiger charge is 2.41. The number of hydrogen-bond acceptors (Lipinski definition) is 1. The van der Waals surface area contributed by atoms with Crippen LogP contribution in [-0.4, -0.2) is 51.9 Å². The summed E-state index contributed by atoms with van der Waals surface area (Å²) in [6.07, 6.45) is 2.76. The fourth-order valence-electron chi connectivity index (χ4n) is 2.03. The van der Waals surface area contributed by atoms with Gasteiger partial charge in [-0.3, -0.25) is 4.48 Å². The maximum atomic E-state index is 9.85. The van der Waals surface area contributed by atoms with Gasteiger partial charge >= 0.3 is 14.9 Å². The summed E-state index contributed by atoms with van der Waals surface area (Å²) in [6.45, 7) is 11.1. The van der Waals surface area contributed by atoms with Crippen LogP contribution in [0.25, 0.3) is 0 Å². The van der Waals surface area contributed by atoms with Crippen LogP contribution in [0.5, 0.6) is 0 Å². The molecule has 0 amide bonds. The summed E-state index contributed by atoms with van der Waals surface area (Å²) in [7, 11) is 0. The quantitative estimate of drug-likeness (QED) is 0.434. The van der Waals surface area contributed by atoms with Crippen LogP contribution in [0.3, 0.4) is 0 Å². The van der Waals surface area contributed by atoms with Crippen molar-refractivity contribution in [3.63, 3.8) is 0 Å². The molecule has 1 aliphatic rings. The summed E-state index contributed by atoms with van der Waals surface area (Å²) < 4.78 is 46.2. The molecule has 0 radical (unpaired) electrons. The third-order valence-corrected chi connectivity index (χ3v) is 3.10. The zero-order valence-corrected chi connectivity index (χ0v) is 11.9. The summed E-state index contributed by atoms with van der Waals surface area (Å²) in [5.41, 5.74) is 0. The molecule has 0 saturated carbocycles. The van der Waals surface area contributed by atoms with E-state index in [1.807, 2.05) is 0 Å². The van der Waals surface area contributed by atoms with Gasteiger partial charge < -0.3 is 18.8 Å². The van der Waals surface area contributed by atoms with Crippen molar-refractivity contribution < 1.29 is 23.3 Å². The van der Waals surface area contributed by atoms with Gasteiger partial charge in [-0.15, -0.1) is 0 Å². The number of halogens is 4. The minimum atomic E-state index is -6.83. The SMILES string of the molecule is CCOC[N+]1(C(C)C)CCCC1.[F][Al-]([F])([F])[F]. The predicted octanol–water partition coefficient (Wildman–Crippen LogP) is 3.30. The molecule has 1 fully saturated rings. The zero-order chi connectivity index (χ0) is 13.5. The normalized spacial score (nSPS) is 19.1. The lowest BCUT2D eigenvalue weighted by atomic mass is 10.3. The molecule has 0 aromatic rings. The van der Waals surface area contributed by atoms with Crippen LogP contribution in [0, 0.1) is 0 Å². The van der Waals surface area contributed by atoms with E-state index in [0.717, 1.165) is 19.4 Å². The second kappa shape index (κ2) is 7.57. The van der Waals surface area contributed by atoms with E-state index in [1.165, 1.54) is 30.4 Å². The Hall–Kier alpha value is 0.172. The Morgan fingerprint density at radius 1 is 1.12 bits per heavy atom. The van der Waals surface area contributed by atoms with Crippen LogP contribution in [0.2, 0.25) is 0 Å². The molecule has 0 aromatic carbocycles. The molecule has 1 saturated heterocycles. The van der Waals surface area contributed by atoms with E-state index < -0.39 is 14.9 Å². The molecule has 0 unspecified atom stereocenters. The molecular weight excluding hydrogens is 253 g/mol. The molecule has 0 atom stereocenters. The third-order valence-electron chi connectivity index (χ3n) is 3.10. The van der Waals surface area contributed by atoms with E-state index in [2.05, 4.69) is 20.8 Å². The van der Waals surface area contributed by atoms with Crippen molar-refractivity contribution in [2.24, 2.45) is 0 Å². The second-order valence-electron chi connectivity index (χ2n) is 4.58. The highest BCUT2D eigenvalue weighted by molar-refractivity contribution is 6.50. The van der Waals surface area contributed by atoms with Crippen molar-refractivity contribution in [1.29, 1.82) is 0 Å². The Morgan fingerprint density at radius 3 is 1.82 bits per heavy atom. The Kier molecular flexibility index (Phi) is 7.65. The number of nitrogens with zero attached hydrogens (tertiary/aromatic N) is 1. The van der Waals surface area contributed by atoms with E-state index in [4.69, 9.17) is 4.74 Å². The van der Waals surface area contributed by atoms with Crippen LogP contribution in [0.4, 0.5) is 14.1 Å². The van der Waals surface area contributed by atoms with Crippen molar-refractivity contribution >= 4 is 14.9 Å². The first kappa shape index (κ1) is 17.2. The van der Waals surface area contributed by atoms with E-state index in [-0.39, 0.29) is 0 Å². The van der Waals surface area contributed by atoms with Crippen LogP contribution < -0.4 is 0 Å². The highest BCUT2D eigenvalue weighted by atomic mass is 27.5. The molecule has 104 valence electrons. The lowest BCUT2D eigenvalue weighted by Crippen LogP contribution is -2.52. The highest BCUT2D eigenvalue weighted by Crippen LogP contribution is 2.23. The predicted molar refractivity (Wildman–Crippen MR) is 61.0 cm³/mol. The third kappa shape index (κ3) is 7.98. The first-order chi connectivity index (χ1) is 7.71. The standard InChI is InChI=1S/C10H22NO.Al.4FH/c1-4-12-9-11(10(2)3)7-5-6-8-11;;;;;/h10H,4-9H2,1-3H3;;4*1H/q+1;+3;;;;/p-4. The van der Waals surface area contributed by atoms with Gasteiger partial charge in [0, 0.05) is 19.4 Å². The molecule has 1 heterocycles. The average Bonchev–Trinajstić information content (AvgIpc) is 2.61. The number of ether oxygens (including phenoxy) is 1. The van der Waals surface area contributed by atoms with Gasteiger partial charge in [-0.05, 0) is 20.8 Å². The Morgan fingerprint density at radius 2 is 1.53 bits per heavy atom. The number of rotatable bonds is 4. The molecule has 0 aromatic heterocycles. The summed E-state index contributed by atoms with van der Waals surface area (Å²) in [6, 6.07) is 0.721. The monoisotopic (exact) mass is 275 g/mol. The molecule has 0 N–H and O–H groups in total. The fraction of sp³-hybridized carbons (Fsp3) is 1.00. The number of quaternary nitrogens is 1. The maximum absolute atomic E-state index is 9.85. The molecule has 0 bridgehead atoms. The minimum Gasteiger partial charge on any atom is -0.510 e. The van der Waals surface area contributed by atoms with Crippen LogP contribution in [0.1, 0.15) is 33.6 Å². The largest absolute Gasteiger partial charge is 1.04 e. The Labute approximate surface area is 105 Å². The van der Waals surface area contributed by atoms with Crippen molar-refractivity contribution in [1.82, 2.24) is 0 Å². The fourth-order valence-corrected chi connectivity index (χ4v) is 2.03. The van der Waals surface area contributed by atoms with Gasteiger partial charge in [0.15, 0.2) is 6.73 Å². The van der Waals surface area contributed by atoms with Gasteiger partial charge in [0.05, 0.1) is 19.1 Å². The van der Waals surface area contributed by atoms with E-state index >= 15 is 0 Å². The van der Waals surface area contributed by atoms with E-state index in [9.17, 15) is 14.1 Å². The Bertz CT molecular complexity index is 199. The topological polar surface area (TPSA) is 9.23 Å². The van der Waals surface area contributed by atoms with Gasteiger partial charge in [0.25, 0.3) is 0 Å². The zero-order valence-electron chi connectivity index (χ0n) is 10.8. The number of hydrogen-bond donors (Lipinski definition) is 0. The van der Waals surface area contributed by atoms with Crippen LogP contribution in [-0.2, 0) is 4.74 Å². The molecule has 2 nitrogen and oxygen atoms in total. The molecule has 17 heavy (non-hydrogen) atoms.